The summed E-state index contributed by atoms with van der Waals surface area (Å²) in [6, 6.07) is 0.0564. The predicted molar refractivity (Wildman–Crippen MR) is 85.5 cm³/mol. The molecule has 0 aromatic heterocycles. The molecule has 2 amide bonds. The summed E-state index contributed by atoms with van der Waals surface area (Å²) in [5, 5.41) is 2.89. The quantitative estimate of drug-likeness (QED) is 0.868. The van der Waals surface area contributed by atoms with Gasteiger partial charge in [-0.1, -0.05) is 6.42 Å². The molecule has 5 heteroatoms. The standard InChI is InChI=1S/C17H30N2O3/c1-17(2,3)22-16(21)18-14-9-8-13(10-14)15(20)19(4)11-12-6-5-7-12/h12-14H,5-11H2,1-4H3,(H,18,21)/t13-,14+/m1/s1. The number of carbonyl (C=O) groups is 2. The van der Waals surface area contributed by atoms with Crippen molar-refractivity contribution >= 4 is 12.0 Å². The molecule has 22 heavy (non-hydrogen) atoms. The number of hydrogen-bond acceptors (Lipinski definition) is 3. The Kier molecular flexibility index (Phi) is 5.35. The van der Waals surface area contributed by atoms with Crippen LogP contribution in [0.4, 0.5) is 4.79 Å². The number of rotatable bonds is 4. The molecule has 0 radical (unpaired) electrons. The van der Waals surface area contributed by atoms with Crippen LogP contribution in [-0.4, -0.2) is 42.1 Å². The first-order chi connectivity index (χ1) is 10.2. The Morgan fingerprint density at radius 1 is 1.18 bits per heavy atom. The van der Waals surface area contributed by atoms with Crippen molar-refractivity contribution < 1.29 is 14.3 Å². The van der Waals surface area contributed by atoms with E-state index in [1.165, 1.54) is 19.3 Å². The van der Waals surface area contributed by atoms with Gasteiger partial charge in [-0.25, -0.2) is 4.79 Å². The van der Waals surface area contributed by atoms with E-state index in [0.717, 1.165) is 25.8 Å². The van der Waals surface area contributed by atoms with Crippen LogP contribution in [0.15, 0.2) is 0 Å². The number of hydrogen-bond donors (Lipinski definition) is 1. The predicted octanol–water partition coefficient (Wildman–Crippen LogP) is 2.94. The molecule has 2 saturated carbocycles. The second-order valence-electron chi connectivity index (χ2n) is 7.87. The Morgan fingerprint density at radius 2 is 1.86 bits per heavy atom. The zero-order valence-corrected chi connectivity index (χ0v) is 14.4. The van der Waals surface area contributed by atoms with E-state index in [-0.39, 0.29) is 24.0 Å². The van der Waals surface area contributed by atoms with E-state index < -0.39 is 5.60 Å². The van der Waals surface area contributed by atoms with Gasteiger partial charge in [0, 0.05) is 25.6 Å². The molecule has 2 aliphatic rings. The third-order valence-corrected chi connectivity index (χ3v) is 4.64. The lowest BCUT2D eigenvalue weighted by Crippen LogP contribution is -2.40. The summed E-state index contributed by atoms with van der Waals surface area (Å²) in [5.41, 5.74) is -0.485. The minimum absolute atomic E-state index is 0.0463. The maximum atomic E-state index is 12.5. The highest BCUT2D eigenvalue weighted by Crippen LogP contribution is 2.30. The lowest BCUT2D eigenvalue weighted by molar-refractivity contribution is -0.135. The van der Waals surface area contributed by atoms with Crippen LogP contribution in [0.1, 0.15) is 59.3 Å². The lowest BCUT2D eigenvalue weighted by Gasteiger charge is -2.31. The molecule has 0 spiro atoms. The van der Waals surface area contributed by atoms with E-state index in [2.05, 4.69) is 5.32 Å². The minimum atomic E-state index is -0.485. The molecule has 0 saturated heterocycles. The fourth-order valence-corrected chi connectivity index (χ4v) is 3.28. The zero-order valence-electron chi connectivity index (χ0n) is 14.4. The van der Waals surface area contributed by atoms with Gasteiger partial charge >= 0.3 is 6.09 Å². The van der Waals surface area contributed by atoms with Gasteiger partial charge in [-0.05, 0) is 58.8 Å². The maximum Gasteiger partial charge on any atom is 0.407 e. The Hall–Kier alpha value is -1.26. The fraction of sp³-hybridized carbons (Fsp3) is 0.882. The van der Waals surface area contributed by atoms with Crippen molar-refractivity contribution in [3.63, 3.8) is 0 Å². The summed E-state index contributed by atoms with van der Waals surface area (Å²) in [6.45, 7) is 6.44. The van der Waals surface area contributed by atoms with Crippen molar-refractivity contribution in [2.75, 3.05) is 13.6 Å². The van der Waals surface area contributed by atoms with Crippen LogP contribution in [-0.2, 0) is 9.53 Å². The Bertz CT molecular complexity index is 413. The number of nitrogens with one attached hydrogen (secondary N) is 1. The van der Waals surface area contributed by atoms with Gasteiger partial charge in [0.1, 0.15) is 5.60 Å². The van der Waals surface area contributed by atoms with Crippen molar-refractivity contribution in [2.24, 2.45) is 11.8 Å². The first-order valence-electron chi connectivity index (χ1n) is 8.49. The highest BCUT2D eigenvalue weighted by molar-refractivity contribution is 5.79. The van der Waals surface area contributed by atoms with Gasteiger partial charge in [0.05, 0.1) is 0 Å². The number of alkyl carbamates (subject to hydrolysis) is 1. The van der Waals surface area contributed by atoms with Crippen molar-refractivity contribution in [3.05, 3.63) is 0 Å². The molecule has 0 unspecified atom stereocenters. The van der Waals surface area contributed by atoms with Gasteiger partial charge in [-0.2, -0.15) is 0 Å². The van der Waals surface area contributed by atoms with Crippen LogP contribution in [0.2, 0.25) is 0 Å². The largest absolute Gasteiger partial charge is 0.444 e. The third-order valence-electron chi connectivity index (χ3n) is 4.64. The smallest absolute Gasteiger partial charge is 0.407 e. The molecule has 126 valence electrons. The summed E-state index contributed by atoms with van der Waals surface area (Å²) < 4.78 is 5.27. The van der Waals surface area contributed by atoms with E-state index in [0.29, 0.717) is 5.92 Å². The molecule has 0 aromatic carbocycles. The third kappa shape index (κ3) is 4.89. The van der Waals surface area contributed by atoms with Gasteiger partial charge in [-0.3, -0.25) is 4.79 Å². The van der Waals surface area contributed by atoms with Crippen molar-refractivity contribution in [2.45, 2.75) is 70.9 Å². The first-order valence-corrected chi connectivity index (χ1v) is 8.49. The summed E-state index contributed by atoms with van der Waals surface area (Å²) in [5.74, 6) is 0.983. The molecule has 0 aromatic rings. The molecule has 0 bridgehead atoms. The van der Waals surface area contributed by atoms with Gasteiger partial charge in [0.25, 0.3) is 0 Å². The summed E-state index contributed by atoms with van der Waals surface area (Å²) in [7, 11) is 1.91. The molecular formula is C17H30N2O3. The van der Waals surface area contributed by atoms with E-state index in [4.69, 9.17) is 4.74 Å². The van der Waals surface area contributed by atoms with Crippen molar-refractivity contribution in [1.29, 1.82) is 0 Å². The number of amides is 2. The Morgan fingerprint density at radius 3 is 2.41 bits per heavy atom. The molecule has 1 N–H and O–H groups in total. The number of ether oxygens (including phenoxy) is 1. The molecular weight excluding hydrogens is 280 g/mol. The van der Waals surface area contributed by atoms with Gasteiger partial charge in [0.15, 0.2) is 0 Å². The molecule has 0 heterocycles. The van der Waals surface area contributed by atoms with E-state index in [9.17, 15) is 9.59 Å². The van der Waals surface area contributed by atoms with E-state index in [1.807, 2.05) is 32.7 Å². The molecule has 2 rings (SSSR count). The second kappa shape index (κ2) is 6.88. The van der Waals surface area contributed by atoms with Gasteiger partial charge < -0.3 is 15.0 Å². The fourth-order valence-electron chi connectivity index (χ4n) is 3.28. The molecule has 2 aliphatic carbocycles. The average molecular weight is 310 g/mol. The van der Waals surface area contributed by atoms with Crippen molar-refractivity contribution in [3.8, 4) is 0 Å². The summed E-state index contributed by atoms with van der Waals surface area (Å²) >= 11 is 0. The van der Waals surface area contributed by atoms with Crippen LogP contribution in [0.25, 0.3) is 0 Å². The maximum absolute atomic E-state index is 12.5. The van der Waals surface area contributed by atoms with E-state index in [1.54, 1.807) is 0 Å². The number of carbonyl (C=O) groups excluding carboxylic acids is 2. The SMILES string of the molecule is CN(CC1CCC1)C(=O)[C@@H]1CC[C@H](NC(=O)OC(C)(C)C)C1. The minimum Gasteiger partial charge on any atom is -0.444 e. The van der Waals surface area contributed by atoms with Crippen LogP contribution in [0.5, 0.6) is 0 Å². The lowest BCUT2D eigenvalue weighted by atomic mass is 9.85. The summed E-state index contributed by atoms with van der Waals surface area (Å²) in [4.78, 5) is 26.1. The summed E-state index contributed by atoms with van der Waals surface area (Å²) in [6.07, 6.45) is 5.87. The average Bonchev–Trinajstić information content (AvgIpc) is 2.78. The number of nitrogens with zero attached hydrogens (tertiary/aromatic N) is 1. The topological polar surface area (TPSA) is 58.6 Å². The zero-order chi connectivity index (χ0) is 16.3. The normalized spacial score (nSPS) is 25.5. The molecule has 2 fully saturated rings. The highest BCUT2D eigenvalue weighted by atomic mass is 16.6. The second-order valence-corrected chi connectivity index (χ2v) is 7.87. The van der Waals surface area contributed by atoms with Crippen LogP contribution < -0.4 is 5.32 Å². The van der Waals surface area contributed by atoms with E-state index >= 15 is 0 Å². The molecule has 0 aliphatic heterocycles. The van der Waals surface area contributed by atoms with Gasteiger partial charge in [0.2, 0.25) is 5.91 Å². The monoisotopic (exact) mass is 310 g/mol. The first kappa shape index (κ1) is 17.1. The van der Waals surface area contributed by atoms with Crippen LogP contribution in [0, 0.1) is 11.8 Å². The van der Waals surface area contributed by atoms with Crippen LogP contribution >= 0.6 is 0 Å². The molecule has 5 nitrogen and oxygen atoms in total. The van der Waals surface area contributed by atoms with Crippen molar-refractivity contribution in [1.82, 2.24) is 10.2 Å². The Balaban J connectivity index is 1.74. The highest BCUT2D eigenvalue weighted by Gasteiger charge is 2.34. The van der Waals surface area contributed by atoms with Gasteiger partial charge in [-0.15, -0.1) is 0 Å². The van der Waals surface area contributed by atoms with Crippen LogP contribution in [0.3, 0.4) is 0 Å². The Labute approximate surface area is 133 Å². The molecule has 2 atom stereocenters.